The van der Waals surface area contributed by atoms with Crippen LogP contribution in [0.1, 0.15) is 59.3 Å². The van der Waals surface area contributed by atoms with Gasteiger partial charge < -0.3 is 14.8 Å². The number of amides is 1. The number of ether oxygens (including phenoxy) is 2. The van der Waals surface area contributed by atoms with Crippen LogP contribution in [0.4, 0.5) is 0 Å². The van der Waals surface area contributed by atoms with Crippen molar-refractivity contribution in [1.82, 2.24) is 5.32 Å². The number of hydrogen-bond donors (Lipinski definition) is 1. The molecule has 0 aromatic rings. The highest BCUT2D eigenvalue weighted by Crippen LogP contribution is 2.05. The molecule has 0 unspecified atom stereocenters. The summed E-state index contributed by atoms with van der Waals surface area (Å²) in [7, 11) is 0. The standard InChI is InChI=1S/C15H27NO5/c1-4-7-8-9-10-11-12(17)16-13(14(18)20-5-2)15(19)21-6-3/h13H,4-11H2,1-3H3,(H,16,17). The first-order chi connectivity index (χ1) is 10.1. The van der Waals surface area contributed by atoms with E-state index in [1.54, 1.807) is 13.8 Å². The van der Waals surface area contributed by atoms with E-state index >= 15 is 0 Å². The molecule has 0 bridgehead atoms. The fourth-order valence-corrected chi connectivity index (χ4v) is 1.79. The zero-order valence-corrected chi connectivity index (χ0v) is 13.3. The fraction of sp³-hybridized carbons (Fsp3) is 0.800. The zero-order chi connectivity index (χ0) is 16.1. The number of rotatable bonds is 11. The zero-order valence-electron chi connectivity index (χ0n) is 13.3. The first-order valence-electron chi connectivity index (χ1n) is 7.69. The molecule has 0 saturated heterocycles. The molecular formula is C15H27NO5. The molecule has 0 radical (unpaired) electrons. The van der Waals surface area contributed by atoms with Gasteiger partial charge in [0.2, 0.25) is 11.9 Å². The summed E-state index contributed by atoms with van der Waals surface area (Å²) in [4.78, 5) is 35.1. The predicted molar refractivity (Wildman–Crippen MR) is 78.6 cm³/mol. The quantitative estimate of drug-likeness (QED) is 0.358. The third-order valence-electron chi connectivity index (χ3n) is 2.86. The summed E-state index contributed by atoms with van der Waals surface area (Å²) in [6.07, 6.45) is 5.37. The van der Waals surface area contributed by atoms with Crippen molar-refractivity contribution in [2.24, 2.45) is 0 Å². The Morgan fingerprint density at radius 3 is 1.86 bits per heavy atom. The first-order valence-corrected chi connectivity index (χ1v) is 7.69. The summed E-state index contributed by atoms with van der Waals surface area (Å²) in [5, 5.41) is 2.39. The second kappa shape index (κ2) is 12.2. The van der Waals surface area contributed by atoms with Gasteiger partial charge >= 0.3 is 11.9 Å². The Hall–Kier alpha value is -1.59. The van der Waals surface area contributed by atoms with Crippen molar-refractivity contribution in [2.45, 2.75) is 65.3 Å². The van der Waals surface area contributed by atoms with E-state index in [1.165, 1.54) is 0 Å². The van der Waals surface area contributed by atoms with Crippen LogP contribution in [0, 0.1) is 0 Å². The van der Waals surface area contributed by atoms with Crippen molar-refractivity contribution < 1.29 is 23.9 Å². The van der Waals surface area contributed by atoms with Crippen LogP contribution in [0.5, 0.6) is 0 Å². The van der Waals surface area contributed by atoms with E-state index in [0.29, 0.717) is 6.42 Å². The second-order valence-electron chi connectivity index (χ2n) is 4.67. The van der Waals surface area contributed by atoms with Gasteiger partial charge in [-0.05, 0) is 20.3 Å². The average molecular weight is 301 g/mol. The summed E-state index contributed by atoms with van der Waals surface area (Å²) >= 11 is 0. The molecule has 0 spiro atoms. The Balaban J connectivity index is 4.28. The van der Waals surface area contributed by atoms with Crippen LogP contribution in [0.15, 0.2) is 0 Å². The topological polar surface area (TPSA) is 81.7 Å². The van der Waals surface area contributed by atoms with E-state index in [-0.39, 0.29) is 19.1 Å². The number of hydrogen-bond acceptors (Lipinski definition) is 5. The molecule has 0 aromatic heterocycles. The van der Waals surface area contributed by atoms with Crippen molar-refractivity contribution >= 4 is 17.8 Å². The molecule has 0 heterocycles. The van der Waals surface area contributed by atoms with Crippen LogP contribution >= 0.6 is 0 Å². The Bertz CT molecular complexity index is 312. The number of unbranched alkanes of at least 4 members (excludes halogenated alkanes) is 4. The van der Waals surface area contributed by atoms with Crippen LogP contribution < -0.4 is 5.32 Å². The summed E-state index contributed by atoms with van der Waals surface area (Å²) < 4.78 is 9.55. The summed E-state index contributed by atoms with van der Waals surface area (Å²) in [6.45, 7) is 5.67. The fourth-order valence-electron chi connectivity index (χ4n) is 1.79. The predicted octanol–water partition coefficient (Wildman–Crippen LogP) is 1.96. The summed E-state index contributed by atoms with van der Waals surface area (Å²) in [5.74, 6) is -1.90. The molecule has 0 rings (SSSR count). The lowest BCUT2D eigenvalue weighted by Crippen LogP contribution is -2.48. The van der Waals surface area contributed by atoms with Gasteiger partial charge in [0, 0.05) is 6.42 Å². The molecule has 122 valence electrons. The Morgan fingerprint density at radius 1 is 0.857 bits per heavy atom. The molecule has 0 saturated carbocycles. The van der Waals surface area contributed by atoms with Gasteiger partial charge in [-0.3, -0.25) is 4.79 Å². The van der Waals surface area contributed by atoms with Crippen LogP contribution in [0.3, 0.4) is 0 Å². The molecule has 6 heteroatoms. The Labute approximate surface area is 126 Å². The van der Waals surface area contributed by atoms with Gasteiger partial charge in [0.1, 0.15) is 0 Å². The van der Waals surface area contributed by atoms with Crippen molar-refractivity contribution in [3.63, 3.8) is 0 Å². The Kier molecular flexibility index (Phi) is 11.3. The third kappa shape index (κ3) is 9.05. The number of esters is 2. The molecule has 0 aliphatic rings. The van der Waals surface area contributed by atoms with E-state index in [1.807, 2.05) is 0 Å². The normalized spacial score (nSPS) is 10.3. The maximum atomic E-state index is 11.8. The van der Waals surface area contributed by atoms with E-state index in [4.69, 9.17) is 9.47 Å². The third-order valence-corrected chi connectivity index (χ3v) is 2.86. The highest BCUT2D eigenvalue weighted by molar-refractivity contribution is 6.02. The number of nitrogens with one attached hydrogen (secondary N) is 1. The molecule has 6 nitrogen and oxygen atoms in total. The highest BCUT2D eigenvalue weighted by atomic mass is 16.6. The molecule has 0 aromatic carbocycles. The van der Waals surface area contributed by atoms with Gasteiger partial charge in [-0.2, -0.15) is 0 Å². The van der Waals surface area contributed by atoms with Crippen molar-refractivity contribution in [3.8, 4) is 0 Å². The van der Waals surface area contributed by atoms with Crippen LogP contribution in [-0.4, -0.2) is 37.1 Å². The minimum absolute atomic E-state index is 0.141. The van der Waals surface area contributed by atoms with Gasteiger partial charge in [-0.15, -0.1) is 0 Å². The molecule has 1 amide bonds. The largest absolute Gasteiger partial charge is 0.464 e. The molecule has 0 atom stereocenters. The smallest absolute Gasteiger partial charge is 0.340 e. The first kappa shape index (κ1) is 19.4. The van der Waals surface area contributed by atoms with Crippen molar-refractivity contribution in [1.29, 1.82) is 0 Å². The van der Waals surface area contributed by atoms with E-state index in [9.17, 15) is 14.4 Å². The summed E-state index contributed by atoms with van der Waals surface area (Å²) in [6, 6.07) is -1.37. The van der Waals surface area contributed by atoms with Gasteiger partial charge in [-0.1, -0.05) is 32.6 Å². The van der Waals surface area contributed by atoms with E-state index < -0.39 is 18.0 Å². The van der Waals surface area contributed by atoms with Crippen LogP contribution in [-0.2, 0) is 23.9 Å². The number of carbonyl (C=O) groups excluding carboxylic acids is 3. The van der Waals surface area contributed by atoms with E-state index in [2.05, 4.69) is 12.2 Å². The molecule has 0 fully saturated rings. The molecule has 1 N–H and O–H groups in total. The minimum atomic E-state index is -1.37. The molecule has 21 heavy (non-hydrogen) atoms. The number of carbonyl (C=O) groups is 3. The maximum absolute atomic E-state index is 11.8. The maximum Gasteiger partial charge on any atom is 0.340 e. The van der Waals surface area contributed by atoms with Gasteiger partial charge in [0.05, 0.1) is 13.2 Å². The second-order valence-corrected chi connectivity index (χ2v) is 4.67. The van der Waals surface area contributed by atoms with Gasteiger partial charge in [0.25, 0.3) is 0 Å². The van der Waals surface area contributed by atoms with Gasteiger partial charge in [0.15, 0.2) is 0 Å². The molecular weight excluding hydrogens is 274 g/mol. The Morgan fingerprint density at radius 2 is 1.38 bits per heavy atom. The van der Waals surface area contributed by atoms with E-state index in [0.717, 1.165) is 32.1 Å². The van der Waals surface area contributed by atoms with Crippen molar-refractivity contribution in [2.75, 3.05) is 13.2 Å². The molecule has 0 aliphatic carbocycles. The lowest BCUT2D eigenvalue weighted by atomic mass is 10.1. The minimum Gasteiger partial charge on any atom is -0.464 e. The average Bonchev–Trinajstić information content (AvgIpc) is 2.45. The monoisotopic (exact) mass is 301 g/mol. The van der Waals surface area contributed by atoms with Gasteiger partial charge in [-0.25, -0.2) is 9.59 Å². The van der Waals surface area contributed by atoms with Crippen molar-refractivity contribution in [3.05, 3.63) is 0 Å². The molecule has 0 aliphatic heterocycles. The lowest BCUT2D eigenvalue weighted by molar-refractivity contribution is -0.159. The van der Waals surface area contributed by atoms with Crippen LogP contribution in [0.25, 0.3) is 0 Å². The highest BCUT2D eigenvalue weighted by Gasteiger charge is 2.30. The SMILES string of the molecule is CCCCCCCC(=O)NC(C(=O)OCC)C(=O)OCC. The van der Waals surface area contributed by atoms with Crippen LogP contribution in [0.2, 0.25) is 0 Å². The summed E-state index contributed by atoms with van der Waals surface area (Å²) in [5.41, 5.74) is 0. The lowest BCUT2D eigenvalue weighted by Gasteiger charge is -2.15.